The van der Waals surface area contributed by atoms with Crippen molar-refractivity contribution in [1.29, 1.82) is 0 Å². The minimum Gasteiger partial charge on any atom is -0.444 e. The largest absolute Gasteiger partial charge is 0.444 e. The monoisotopic (exact) mass is 444 g/mol. The molecule has 1 unspecified atom stereocenters. The second kappa shape index (κ2) is 13.6. The maximum absolute atomic E-state index is 11.5. The fourth-order valence-corrected chi connectivity index (χ4v) is 1.45. The number of rotatable bonds is 8. The molecule has 8 heteroatoms. The van der Waals surface area contributed by atoms with Gasteiger partial charge in [0.2, 0.25) is 0 Å². The molecule has 0 aromatic carbocycles. The molecular weight excluding hydrogens is 411 g/mol. The van der Waals surface area contributed by atoms with Crippen molar-refractivity contribution in [1.82, 2.24) is 16.0 Å². The van der Waals surface area contributed by atoms with Gasteiger partial charge in [0.25, 0.3) is 0 Å². The minimum absolute atomic E-state index is 0. The standard InChI is InChI=1S/C15H32N4O3.HI/c1-6-16-13(19-10-12(2)11-20)17-8-7-9-18-14(21)22-15(3,4)5;/h12,20H,6-11H2,1-5H3,(H,18,21)(H2,16,17,19);1H. The number of halogens is 1. The number of hydrogen-bond donors (Lipinski definition) is 4. The van der Waals surface area contributed by atoms with Crippen molar-refractivity contribution in [2.45, 2.75) is 46.6 Å². The number of nitrogens with one attached hydrogen (secondary N) is 3. The third-order valence-electron chi connectivity index (χ3n) is 2.53. The van der Waals surface area contributed by atoms with Gasteiger partial charge in [0.15, 0.2) is 5.96 Å². The summed E-state index contributed by atoms with van der Waals surface area (Å²) in [4.78, 5) is 15.8. The van der Waals surface area contributed by atoms with Crippen LogP contribution in [0.3, 0.4) is 0 Å². The Bertz CT molecular complexity index is 346. The van der Waals surface area contributed by atoms with Crippen molar-refractivity contribution in [3.8, 4) is 0 Å². The van der Waals surface area contributed by atoms with Crippen LogP contribution < -0.4 is 16.0 Å². The van der Waals surface area contributed by atoms with Crippen molar-refractivity contribution in [2.75, 3.05) is 32.8 Å². The Hall–Kier alpha value is -0.770. The number of alkyl carbamates (subject to hydrolysis) is 1. The van der Waals surface area contributed by atoms with Crippen molar-refractivity contribution >= 4 is 36.0 Å². The molecule has 0 heterocycles. The van der Waals surface area contributed by atoms with Gasteiger partial charge in [0.05, 0.1) is 0 Å². The van der Waals surface area contributed by atoms with Crippen LogP contribution in [0.2, 0.25) is 0 Å². The first-order valence-corrected chi connectivity index (χ1v) is 7.88. The molecule has 0 saturated carbocycles. The predicted octanol–water partition coefficient (Wildman–Crippen LogP) is 1.70. The molecule has 7 nitrogen and oxygen atoms in total. The number of ether oxygens (including phenoxy) is 1. The summed E-state index contributed by atoms with van der Waals surface area (Å²) >= 11 is 0. The highest BCUT2D eigenvalue weighted by Gasteiger charge is 2.15. The van der Waals surface area contributed by atoms with Crippen LogP contribution in [0.4, 0.5) is 4.79 Å². The van der Waals surface area contributed by atoms with E-state index in [0.717, 1.165) is 18.9 Å². The SMILES string of the molecule is CCNC(=NCC(C)CO)NCCCNC(=O)OC(C)(C)C.I. The molecule has 0 aromatic rings. The molecule has 138 valence electrons. The third-order valence-corrected chi connectivity index (χ3v) is 2.53. The van der Waals surface area contributed by atoms with E-state index in [9.17, 15) is 4.79 Å². The summed E-state index contributed by atoms with van der Waals surface area (Å²) in [6.07, 6.45) is 0.365. The van der Waals surface area contributed by atoms with Gasteiger partial charge in [-0.05, 0) is 40.0 Å². The van der Waals surface area contributed by atoms with Crippen LogP contribution in [-0.2, 0) is 4.74 Å². The van der Waals surface area contributed by atoms with Crippen molar-refractivity contribution in [3.05, 3.63) is 0 Å². The zero-order chi connectivity index (χ0) is 17.0. The highest BCUT2D eigenvalue weighted by atomic mass is 127. The molecule has 0 saturated heterocycles. The van der Waals surface area contributed by atoms with E-state index in [-0.39, 0.29) is 36.5 Å². The summed E-state index contributed by atoms with van der Waals surface area (Å²) in [5.41, 5.74) is -0.476. The quantitative estimate of drug-likeness (QED) is 0.198. The molecule has 0 radical (unpaired) electrons. The second-order valence-electron chi connectivity index (χ2n) is 6.22. The molecule has 0 aliphatic rings. The van der Waals surface area contributed by atoms with Gasteiger partial charge in [-0.3, -0.25) is 4.99 Å². The van der Waals surface area contributed by atoms with Gasteiger partial charge >= 0.3 is 6.09 Å². The Labute approximate surface area is 157 Å². The molecule has 0 aliphatic heterocycles. The first kappa shape index (κ1) is 24.5. The molecule has 0 rings (SSSR count). The van der Waals surface area contributed by atoms with Crippen molar-refractivity contribution < 1.29 is 14.6 Å². The Balaban J connectivity index is 0. The molecule has 4 N–H and O–H groups in total. The smallest absolute Gasteiger partial charge is 0.407 e. The van der Waals surface area contributed by atoms with E-state index in [4.69, 9.17) is 9.84 Å². The van der Waals surface area contributed by atoms with Crippen LogP contribution in [0, 0.1) is 5.92 Å². The molecule has 0 spiro atoms. The Kier molecular flexibility index (Phi) is 14.5. The Morgan fingerprint density at radius 3 is 2.35 bits per heavy atom. The summed E-state index contributed by atoms with van der Waals surface area (Å²) < 4.78 is 5.15. The first-order valence-electron chi connectivity index (χ1n) is 7.88. The number of aliphatic hydroxyl groups excluding tert-OH is 1. The highest BCUT2D eigenvalue weighted by molar-refractivity contribution is 14.0. The van der Waals surface area contributed by atoms with Crippen LogP contribution in [0.1, 0.15) is 41.0 Å². The average molecular weight is 444 g/mol. The van der Waals surface area contributed by atoms with Gasteiger partial charge in [0, 0.05) is 32.8 Å². The lowest BCUT2D eigenvalue weighted by molar-refractivity contribution is 0.0527. The molecule has 0 aliphatic carbocycles. The van der Waals surface area contributed by atoms with Crippen LogP contribution in [0.5, 0.6) is 0 Å². The van der Waals surface area contributed by atoms with Gasteiger partial charge < -0.3 is 25.8 Å². The summed E-state index contributed by atoms with van der Waals surface area (Å²) in [6, 6.07) is 0. The summed E-state index contributed by atoms with van der Waals surface area (Å²) in [5.74, 6) is 0.865. The van der Waals surface area contributed by atoms with Crippen molar-refractivity contribution in [2.24, 2.45) is 10.9 Å². The molecule has 0 fully saturated rings. The number of aliphatic hydroxyl groups is 1. The molecule has 1 amide bonds. The lowest BCUT2D eigenvalue weighted by atomic mass is 10.2. The van der Waals surface area contributed by atoms with Gasteiger partial charge in [-0.25, -0.2) is 4.79 Å². The average Bonchev–Trinajstić information content (AvgIpc) is 2.41. The number of aliphatic imine (C=N–C) groups is 1. The number of carbonyl (C=O) groups is 1. The van der Waals surface area contributed by atoms with E-state index in [1.165, 1.54) is 0 Å². The van der Waals surface area contributed by atoms with Crippen LogP contribution >= 0.6 is 24.0 Å². The molecular formula is C15H33IN4O3. The zero-order valence-corrected chi connectivity index (χ0v) is 17.3. The van der Waals surface area contributed by atoms with E-state index < -0.39 is 11.7 Å². The van der Waals surface area contributed by atoms with E-state index in [1.807, 2.05) is 34.6 Å². The number of nitrogens with zero attached hydrogens (tertiary/aromatic N) is 1. The van der Waals surface area contributed by atoms with Gasteiger partial charge in [0.1, 0.15) is 5.60 Å². The Morgan fingerprint density at radius 2 is 1.83 bits per heavy atom. The fourth-order valence-electron chi connectivity index (χ4n) is 1.45. The Morgan fingerprint density at radius 1 is 1.22 bits per heavy atom. The first-order chi connectivity index (χ1) is 10.3. The predicted molar refractivity (Wildman–Crippen MR) is 104 cm³/mol. The maximum atomic E-state index is 11.5. The summed E-state index contributed by atoms with van der Waals surface area (Å²) in [7, 11) is 0. The third kappa shape index (κ3) is 15.9. The normalized spacial score (nSPS) is 12.9. The van der Waals surface area contributed by atoms with E-state index in [2.05, 4.69) is 20.9 Å². The van der Waals surface area contributed by atoms with Crippen molar-refractivity contribution in [3.63, 3.8) is 0 Å². The molecule has 1 atom stereocenters. The zero-order valence-electron chi connectivity index (χ0n) is 14.9. The summed E-state index contributed by atoms with van der Waals surface area (Å²) in [6.45, 7) is 12.1. The molecule has 23 heavy (non-hydrogen) atoms. The van der Waals surface area contributed by atoms with Gasteiger partial charge in [-0.1, -0.05) is 6.92 Å². The molecule has 0 bridgehead atoms. The van der Waals surface area contributed by atoms with E-state index in [1.54, 1.807) is 0 Å². The van der Waals surface area contributed by atoms with E-state index >= 15 is 0 Å². The van der Waals surface area contributed by atoms with Crippen LogP contribution in [0.15, 0.2) is 4.99 Å². The minimum atomic E-state index is -0.476. The fraction of sp³-hybridized carbons (Fsp3) is 0.867. The second-order valence-corrected chi connectivity index (χ2v) is 6.22. The number of hydrogen-bond acceptors (Lipinski definition) is 4. The number of guanidine groups is 1. The topological polar surface area (TPSA) is 95.0 Å². The van der Waals surface area contributed by atoms with E-state index in [0.29, 0.717) is 19.6 Å². The number of amides is 1. The summed E-state index contributed by atoms with van der Waals surface area (Å²) in [5, 5.41) is 18.0. The molecule has 0 aromatic heterocycles. The van der Waals surface area contributed by atoms with Crippen LogP contribution in [-0.4, -0.2) is 55.5 Å². The lowest BCUT2D eigenvalue weighted by Gasteiger charge is -2.19. The lowest BCUT2D eigenvalue weighted by Crippen LogP contribution is -2.39. The maximum Gasteiger partial charge on any atom is 0.407 e. The van der Waals surface area contributed by atoms with Crippen LogP contribution in [0.25, 0.3) is 0 Å². The number of carbonyl (C=O) groups excluding carboxylic acids is 1. The van der Waals surface area contributed by atoms with Gasteiger partial charge in [-0.2, -0.15) is 0 Å². The van der Waals surface area contributed by atoms with Gasteiger partial charge in [-0.15, -0.1) is 24.0 Å². The highest BCUT2D eigenvalue weighted by Crippen LogP contribution is 2.06.